The number of nitrogens with two attached hydrogens (primary N) is 1. The Kier molecular flexibility index (Phi) is 7.69. The number of hydrogen-bond acceptors (Lipinski definition) is 9. The van der Waals surface area contributed by atoms with E-state index in [4.69, 9.17) is 29.4 Å². The molecule has 0 saturated heterocycles. The van der Waals surface area contributed by atoms with Crippen LogP contribution in [0.3, 0.4) is 0 Å². The summed E-state index contributed by atoms with van der Waals surface area (Å²) < 4.78 is 26.2. The minimum absolute atomic E-state index is 0.0541. The highest BCUT2D eigenvalue weighted by Gasteiger charge is 2.36. The number of carbonyl (C=O) groups excluding carboxylic acids is 2. The number of hydrogen-bond donors (Lipinski definition) is 1. The summed E-state index contributed by atoms with van der Waals surface area (Å²) in [5.41, 5.74) is 6.85. The zero-order chi connectivity index (χ0) is 23.1. The fourth-order valence-electron chi connectivity index (χ4n) is 2.98. The van der Waals surface area contributed by atoms with Crippen molar-refractivity contribution in [1.29, 1.82) is 5.26 Å². The van der Waals surface area contributed by atoms with Crippen molar-refractivity contribution >= 4 is 11.9 Å². The first-order valence-electron chi connectivity index (χ1n) is 9.25. The lowest BCUT2D eigenvalue weighted by Crippen LogP contribution is -2.26. The number of methoxy groups -OCH3 is 2. The molecule has 2 rings (SSSR count). The molecule has 31 heavy (non-hydrogen) atoms. The van der Waals surface area contributed by atoms with Crippen LogP contribution in [0.2, 0.25) is 0 Å². The Morgan fingerprint density at radius 2 is 1.84 bits per heavy atom. The molecule has 0 radical (unpaired) electrons. The summed E-state index contributed by atoms with van der Waals surface area (Å²) in [7, 11) is 2.97. The second-order valence-corrected chi connectivity index (χ2v) is 6.56. The van der Waals surface area contributed by atoms with Gasteiger partial charge in [-0.2, -0.15) is 5.26 Å². The van der Waals surface area contributed by atoms with E-state index in [1.54, 1.807) is 25.1 Å². The molecule has 9 nitrogen and oxygen atoms in total. The van der Waals surface area contributed by atoms with Gasteiger partial charge in [-0.05, 0) is 31.5 Å². The fourth-order valence-corrected chi connectivity index (χ4v) is 2.98. The summed E-state index contributed by atoms with van der Waals surface area (Å²) in [6, 6.07) is 7.00. The van der Waals surface area contributed by atoms with E-state index >= 15 is 0 Å². The summed E-state index contributed by atoms with van der Waals surface area (Å²) in [5.74, 6) is -1.17. The van der Waals surface area contributed by atoms with Gasteiger partial charge in [-0.15, -0.1) is 0 Å². The van der Waals surface area contributed by atoms with E-state index in [0.717, 1.165) is 0 Å². The molecule has 1 aromatic rings. The normalized spacial score (nSPS) is 15.5. The van der Waals surface area contributed by atoms with Crippen LogP contribution in [0.5, 0.6) is 11.5 Å². The van der Waals surface area contributed by atoms with Gasteiger partial charge in [0.15, 0.2) is 11.5 Å². The Labute approximate surface area is 180 Å². The molecule has 1 unspecified atom stereocenters. The lowest BCUT2D eigenvalue weighted by molar-refractivity contribution is -0.147. The maximum atomic E-state index is 12.9. The molecule has 9 heteroatoms. The Hall–Kier alpha value is -3.93. The van der Waals surface area contributed by atoms with Crippen LogP contribution in [0.15, 0.2) is 53.1 Å². The number of rotatable bonds is 8. The highest BCUT2D eigenvalue weighted by molar-refractivity contribution is 5.92. The van der Waals surface area contributed by atoms with Crippen LogP contribution in [-0.2, 0) is 23.8 Å². The van der Waals surface area contributed by atoms with Crippen molar-refractivity contribution in [3.8, 4) is 17.6 Å². The molecule has 0 bridgehead atoms. The van der Waals surface area contributed by atoms with Gasteiger partial charge >= 0.3 is 11.9 Å². The van der Waals surface area contributed by atoms with Crippen LogP contribution in [0.25, 0.3) is 0 Å². The van der Waals surface area contributed by atoms with Crippen LogP contribution < -0.4 is 15.2 Å². The molecule has 0 amide bonds. The molecule has 1 aliphatic heterocycles. The molecule has 0 fully saturated rings. The third-order valence-corrected chi connectivity index (χ3v) is 4.46. The maximum Gasteiger partial charge on any atom is 0.338 e. The molecule has 1 aromatic carbocycles. The molecule has 2 N–H and O–H groups in total. The molecule has 1 aliphatic rings. The zero-order valence-electron chi connectivity index (χ0n) is 17.8. The Balaban J connectivity index is 2.34. The van der Waals surface area contributed by atoms with Crippen LogP contribution in [0.4, 0.5) is 0 Å². The summed E-state index contributed by atoms with van der Waals surface area (Å²) in [6.07, 6.45) is 0. The number of nitrogens with zero attached hydrogens (tertiary/aromatic N) is 1. The standard InChI is InChI=1S/C22H24N2O7/c1-12(2)21(25)29-8-9-30-22(26)18-13(3)31-20(24)15(11-23)19(18)14-6-7-16(27-4)17(10-14)28-5/h6-7,10,19H,1,8-9,24H2,2-5H3. The molecule has 0 saturated carbocycles. The maximum absolute atomic E-state index is 12.9. The quantitative estimate of drug-likeness (QED) is 0.377. The van der Waals surface area contributed by atoms with Crippen LogP contribution in [0.1, 0.15) is 25.3 Å². The highest BCUT2D eigenvalue weighted by Crippen LogP contribution is 2.42. The molecule has 1 atom stereocenters. The van der Waals surface area contributed by atoms with Crippen molar-refractivity contribution < 1.29 is 33.3 Å². The first-order chi connectivity index (χ1) is 14.7. The first-order valence-corrected chi connectivity index (χ1v) is 9.25. The third kappa shape index (κ3) is 5.17. The molecule has 0 aliphatic carbocycles. The minimum atomic E-state index is -0.843. The first kappa shape index (κ1) is 23.3. The summed E-state index contributed by atoms with van der Waals surface area (Å²) in [6.45, 7) is 6.20. The second-order valence-electron chi connectivity index (χ2n) is 6.56. The van der Waals surface area contributed by atoms with Gasteiger partial charge in [0.2, 0.25) is 5.88 Å². The van der Waals surface area contributed by atoms with Crippen molar-refractivity contribution in [1.82, 2.24) is 0 Å². The Bertz CT molecular complexity index is 1000. The number of allylic oxidation sites excluding steroid dienone is 2. The predicted molar refractivity (Wildman–Crippen MR) is 110 cm³/mol. The molecule has 1 heterocycles. The summed E-state index contributed by atoms with van der Waals surface area (Å²) >= 11 is 0. The fraction of sp³-hybridized carbons (Fsp3) is 0.318. The number of benzene rings is 1. The molecular weight excluding hydrogens is 404 g/mol. The SMILES string of the molecule is C=C(C)C(=O)OCCOC(=O)C1=C(C)OC(N)=C(C#N)C1c1ccc(OC)c(OC)c1. The van der Waals surface area contributed by atoms with Crippen LogP contribution in [0, 0.1) is 11.3 Å². The van der Waals surface area contributed by atoms with Gasteiger partial charge in [-0.1, -0.05) is 12.6 Å². The van der Waals surface area contributed by atoms with Gasteiger partial charge in [0.1, 0.15) is 30.6 Å². The van der Waals surface area contributed by atoms with E-state index in [1.807, 2.05) is 6.07 Å². The number of esters is 2. The van der Waals surface area contributed by atoms with E-state index in [9.17, 15) is 14.9 Å². The monoisotopic (exact) mass is 428 g/mol. The number of carbonyl (C=O) groups is 2. The van der Waals surface area contributed by atoms with Gasteiger partial charge in [0, 0.05) is 5.57 Å². The molecule has 164 valence electrons. The van der Waals surface area contributed by atoms with Crippen molar-refractivity contribution in [2.45, 2.75) is 19.8 Å². The molecule has 0 spiro atoms. The third-order valence-electron chi connectivity index (χ3n) is 4.46. The highest BCUT2D eigenvalue weighted by atomic mass is 16.6. The van der Waals surface area contributed by atoms with Crippen molar-refractivity contribution in [3.63, 3.8) is 0 Å². The van der Waals surface area contributed by atoms with Crippen LogP contribution >= 0.6 is 0 Å². The molecular formula is C22H24N2O7. The number of nitriles is 1. The average Bonchev–Trinajstić information content (AvgIpc) is 2.75. The average molecular weight is 428 g/mol. The van der Waals surface area contributed by atoms with E-state index in [2.05, 4.69) is 6.58 Å². The topological polar surface area (TPSA) is 130 Å². The van der Waals surface area contributed by atoms with Gasteiger partial charge in [-0.3, -0.25) is 0 Å². The van der Waals surface area contributed by atoms with Gasteiger partial charge in [-0.25, -0.2) is 9.59 Å². The van der Waals surface area contributed by atoms with Crippen molar-refractivity contribution in [2.75, 3.05) is 27.4 Å². The van der Waals surface area contributed by atoms with Gasteiger partial charge in [0.25, 0.3) is 0 Å². The van der Waals surface area contributed by atoms with Crippen LogP contribution in [-0.4, -0.2) is 39.4 Å². The Morgan fingerprint density at radius 1 is 1.19 bits per heavy atom. The number of ether oxygens (including phenoxy) is 5. The lowest BCUT2D eigenvalue weighted by Gasteiger charge is -2.27. The lowest BCUT2D eigenvalue weighted by atomic mass is 9.83. The van der Waals surface area contributed by atoms with Gasteiger partial charge < -0.3 is 29.4 Å². The predicted octanol–water partition coefficient (Wildman–Crippen LogP) is 2.45. The van der Waals surface area contributed by atoms with Gasteiger partial charge in [0.05, 0.1) is 25.7 Å². The molecule has 0 aromatic heterocycles. The van der Waals surface area contributed by atoms with Crippen molar-refractivity contribution in [2.24, 2.45) is 5.73 Å². The van der Waals surface area contributed by atoms with Crippen molar-refractivity contribution in [3.05, 3.63) is 58.7 Å². The van der Waals surface area contributed by atoms with E-state index < -0.39 is 17.9 Å². The largest absolute Gasteiger partial charge is 0.493 e. The summed E-state index contributed by atoms with van der Waals surface area (Å²) in [5, 5.41) is 9.67. The zero-order valence-corrected chi connectivity index (χ0v) is 17.8. The smallest absolute Gasteiger partial charge is 0.338 e. The second kappa shape index (κ2) is 10.2. The van der Waals surface area contributed by atoms with E-state index in [0.29, 0.717) is 17.1 Å². The summed E-state index contributed by atoms with van der Waals surface area (Å²) in [4.78, 5) is 24.3. The minimum Gasteiger partial charge on any atom is -0.493 e. The Morgan fingerprint density at radius 3 is 2.42 bits per heavy atom. The van der Waals surface area contributed by atoms with E-state index in [-0.39, 0.29) is 41.6 Å². The van der Waals surface area contributed by atoms with E-state index in [1.165, 1.54) is 21.1 Å².